The summed E-state index contributed by atoms with van der Waals surface area (Å²) in [5.41, 5.74) is 1.74. The van der Waals surface area contributed by atoms with Crippen molar-refractivity contribution in [3.63, 3.8) is 0 Å². The molecule has 1 aliphatic heterocycles. The van der Waals surface area contributed by atoms with Gasteiger partial charge in [-0.05, 0) is 55.0 Å². The molecule has 2 atom stereocenters. The largest absolute Gasteiger partial charge is 0.459 e. The highest BCUT2D eigenvalue weighted by Gasteiger charge is 2.41. The standard InChI is InChI=1S/C22H22N4O3S/c1-2-3-14-25-21(20(24-22(25)30)17-6-4-5-13-23-17)19-12-11-18(29-19)15-7-9-16(10-8-15)26(27)28/h4-13,20-21H,2-3,14H2,1H3,(H,24,30)/t20-,21-/m0/s1. The van der Waals surface area contributed by atoms with Crippen LogP contribution in [0.4, 0.5) is 5.69 Å². The number of hydrogen-bond acceptors (Lipinski definition) is 5. The SMILES string of the molecule is CCCCN1C(=S)N[C@@H](c2ccccn2)[C@@H]1c1ccc(-c2ccc([N+](=O)[O-])cc2)o1. The van der Waals surface area contributed by atoms with Crippen LogP contribution in [0.3, 0.4) is 0 Å². The lowest BCUT2D eigenvalue weighted by atomic mass is 10.0. The molecule has 1 N–H and O–H groups in total. The molecule has 4 rings (SSSR count). The van der Waals surface area contributed by atoms with E-state index in [9.17, 15) is 10.1 Å². The number of nitro groups is 1. The van der Waals surface area contributed by atoms with Crippen molar-refractivity contribution in [3.05, 3.63) is 82.4 Å². The molecular formula is C22H22N4O3S. The first-order valence-corrected chi connectivity index (χ1v) is 10.3. The lowest BCUT2D eigenvalue weighted by molar-refractivity contribution is -0.384. The minimum Gasteiger partial charge on any atom is -0.459 e. The van der Waals surface area contributed by atoms with Crippen LogP contribution in [0.25, 0.3) is 11.3 Å². The van der Waals surface area contributed by atoms with Crippen molar-refractivity contribution in [2.24, 2.45) is 0 Å². The number of non-ortho nitro benzene ring substituents is 1. The summed E-state index contributed by atoms with van der Waals surface area (Å²) in [6, 6.07) is 15.8. The Hall–Kier alpha value is -3.26. The van der Waals surface area contributed by atoms with Crippen LogP contribution in [-0.2, 0) is 0 Å². The molecule has 0 saturated carbocycles. The Kier molecular flexibility index (Phi) is 5.76. The number of rotatable bonds is 7. The van der Waals surface area contributed by atoms with Crippen LogP contribution in [0.5, 0.6) is 0 Å². The van der Waals surface area contributed by atoms with Crippen LogP contribution in [0.2, 0.25) is 0 Å². The molecule has 2 aromatic heterocycles. The molecule has 30 heavy (non-hydrogen) atoms. The van der Waals surface area contributed by atoms with Crippen molar-refractivity contribution < 1.29 is 9.34 Å². The first kappa shape index (κ1) is 20.0. The van der Waals surface area contributed by atoms with E-state index >= 15 is 0 Å². The molecule has 0 unspecified atom stereocenters. The van der Waals surface area contributed by atoms with E-state index in [-0.39, 0.29) is 17.8 Å². The van der Waals surface area contributed by atoms with Crippen molar-refractivity contribution in [3.8, 4) is 11.3 Å². The molecule has 7 nitrogen and oxygen atoms in total. The summed E-state index contributed by atoms with van der Waals surface area (Å²) < 4.78 is 6.23. The van der Waals surface area contributed by atoms with Crippen LogP contribution >= 0.6 is 12.2 Å². The molecule has 0 bridgehead atoms. The van der Waals surface area contributed by atoms with E-state index in [4.69, 9.17) is 16.6 Å². The van der Waals surface area contributed by atoms with Gasteiger partial charge in [0.25, 0.3) is 5.69 Å². The van der Waals surface area contributed by atoms with Gasteiger partial charge in [-0.15, -0.1) is 0 Å². The van der Waals surface area contributed by atoms with Gasteiger partial charge < -0.3 is 14.6 Å². The second-order valence-corrected chi connectivity index (χ2v) is 7.57. The molecule has 0 radical (unpaired) electrons. The van der Waals surface area contributed by atoms with E-state index in [2.05, 4.69) is 22.1 Å². The first-order chi connectivity index (χ1) is 14.6. The summed E-state index contributed by atoms with van der Waals surface area (Å²) >= 11 is 5.63. The lowest BCUT2D eigenvalue weighted by Gasteiger charge is -2.25. The van der Waals surface area contributed by atoms with Crippen LogP contribution in [-0.4, -0.2) is 26.5 Å². The molecule has 1 aliphatic rings. The van der Waals surface area contributed by atoms with Gasteiger partial charge in [-0.2, -0.15) is 0 Å². The first-order valence-electron chi connectivity index (χ1n) is 9.91. The van der Waals surface area contributed by atoms with E-state index in [0.29, 0.717) is 10.9 Å². The number of thiocarbonyl (C=S) groups is 1. The topological polar surface area (TPSA) is 84.4 Å². The monoisotopic (exact) mass is 422 g/mol. The third-order valence-electron chi connectivity index (χ3n) is 5.23. The molecule has 154 valence electrons. The summed E-state index contributed by atoms with van der Waals surface area (Å²) in [7, 11) is 0. The molecule has 1 saturated heterocycles. The van der Waals surface area contributed by atoms with E-state index in [1.165, 1.54) is 12.1 Å². The number of benzene rings is 1. The lowest BCUT2D eigenvalue weighted by Crippen LogP contribution is -2.30. The maximum atomic E-state index is 10.9. The van der Waals surface area contributed by atoms with Crippen molar-refractivity contribution in [2.75, 3.05) is 6.54 Å². The molecular weight excluding hydrogens is 400 g/mol. The van der Waals surface area contributed by atoms with Gasteiger partial charge in [-0.3, -0.25) is 15.1 Å². The Bertz CT molecular complexity index is 1040. The summed E-state index contributed by atoms with van der Waals surface area (Å²) in [5, 5.41) is 15.0. The van der Waals surface area contributed by atoms with Gasteiger partial charge in [0.2, 0.25) is 0 Å². The zero-order valence-electron chi connectivity index (χ0n) is 16.5. The van der Waals surface area contributed by atoms with Crippen LogP contribution in [0.1, 0.15) is 43.3 Å². The third-order valence-corrected chi connectivity index (χ3v) is 5.58. The Balaban J connectivity index is 1.67. The van der Waals surface area contributed by atoms with E-state index in [1.807, 2.05) is 30.3 Å². The Morgan fingerprint density at radius 3 is 2.67 bits per heavy atom. The predicted molar refractivity (Wildman–Crippen MR) is 118 cm³/mol. The Morgan fingerprint density at radius 1 is 1.20 bits per heavy atom. The normalized spacial score (nSPS) is 18.4. The molecule has 3 aromatic rings. The maximum Gasteiger partial charge on any atom is 0.269 e. The van der Waals surface area contributed by atoms with Gasteiger partial charge >= 0.3 is 0 Å². The molecule has 3 heterocycles. The van der Waals surface area contributed by atoms with Crippen LogP contribution in [0, 0.1) is 10.1 Å². The van der Waals surface area contributed by atoms with E-state index in [0.717, 1.165) is 36.4 Å². The highest BCUT2D eigenvalue weighted by molar-refractivity contribution is 7.80. The fourth-order valence-electron chi connectivity index (χ4n) is 3.70. The average molecular weight is 423 g/mol. The van der Waals surface area contributed by atoms with Crippen molar-refractivity contribution in [2.45, 2.75) is 31.8 Å². The summed E-state index contributed by atoms with van der Waals surface area (Å²) in [6.45, 7) is 2.97. The molecule has 1 aromatic carbocycles. The fraction of sp³-hybridized carbons (Fsp3) is 0.273. The number of pyridine rings is 1. The fourth-order valence-corrected chi connectivity index (χ4v) is 4.03. The number of hydrogen-bond donors (Lipinski definition) is 1. The predicted octanol–water partition coefficient (Wildman–Crippen LogP) is 5.02. The number of nitro benzene ring substituents is 1. The Morgan fingerprint density at radius 2 is 2.00 bits per heavy atom. The smallest absolute Gasteiger partial charge is 0.269 e. The van der Waals surface area contributed by atoms with Gasteiger partial charge in [-0.25, -0.2) is 0 Å². The molecule has 0 spiro atoms. The minimum absolute atomic E-state index is 0.0526. The summed E-state index contributed by atoms with van der Waals surface area (Å²) in [5.74, 6) is 1.44. The summed E-state index contributed by atoms with van der Waals surface area (Å²) in [4.78, 5) is 17.2. The highest BCUT2D eigenvalue weighted by Crippen LogP contribution is 2.40. The molecule has 1 fully saturated rings. The van der Waals surface area contributed by atoms with E-state index < -0.39 is 4.92 Å². The van der Waals surface area contributed by atoms with Crippen LogP contribution < -0.4 is 5.32 Å². The third kappa shape index (κ3) is 3.91. The van der Waals surface area contributed by atoms with Crippen molar-refractivity contribution >= 4 is 23.0 Å². The number of furan rings is 1. The highest BCUT2D eigenvalue weighted by atomic mass is 32.1. The van der Waals surface area contributed by atoms with Crippen molar-refractivity contribution in [1.82, 2.24) is 15.2 Å². The zero-order valence-corrected chi connectivity index (χ0v) is 17.3. The molecule has 0 amide bonds. The number of aromatic nitrogens is 1. The van der Waals surface area contributed by atoms with Gasteiger partial charge in [0.05, 0.1) is 16.7 Å². The quantitative estimate of drug-likeness (QED) is 0.325. The van der Waals surface area contributed by atoms with Gasteiger partial charge in [0, 0.05) is 30.4 Å². The average Bonchev–Trinajstić information content (AvgIpc) is 3.37. The summed E-state index contributed by atoms with van der Waals surface area (Å²) in [6.07, 6.45) is 3.85. The second-order valence-electron chi connectivity index (χ2n) is 7.18. The molecule has 8 heteroatoms. The van der Waals surface area contributed by atoms with Crippen molar-refractivity contribution in [1.29, 1.82) is 0 Å². The maximum absolute atomic E-state index is 10.9. The number of nitrogens with zero attached hydrogens (tertiary/aromatic N) is 3. The van der Waals surface area contributed by atoms with E-state index in [1.54, 1.807) is 18.3 Å². The van der Waals surface area contributed by atoms with Gasteiger partial charge in [0.15, 0.2) is 5.11 Å². The van der Waals surface area contributed by atoms with Gasteiger partial charge in [0.1, 0.15) is 17.6 Å². The molecule has 0 aliphatic carbocycles. The number of nitrogens with one attached hydrogen (secondary N) is 1. The minimum atomic E-state index is -0.411. The Labute approximate surface area is 179 Å². The van der Waals surface area contributed by atoms with Crippen LogP contribution in [0.15, 0.2) is 65.2 Å². The number of unbranched alkanes of at least 4 members (excludes halogenated alkanes) is 1. The van der Waals surface area contributed by atoms with Gasteiger partial charge in [-0.1, -0.05) is 19.4 Å². The second kappa shape index (κ2) is 8.62. The zero-order chi connectivity index (χ0) is 21.1.